The number of ether oxygens (including phenoxy) is 1. The first-order valence-electron chi connectivity index (χ1n) is 9.50. The Labute approximate surface area is 163 Å². The van der Waals surface area contributed by atoms with Crippen LogP contribution in [0.4, 0.5) is 0 Å². The summed E-state index contributed by atoms with van der Waals surface area (Å²) in [5.74, 6) is 1.88. The maximum absolute atomic E-state index is 13.2. The number of hydrogen-bond acceptors (Lipinski definition) is 6. The molecule has 0 bridgehead atoms. The minimum absolute atomic E-state index is 0.0416. The van der Waals surface area contributed by atoms with Gasteiger partial charge < -0.3 is 18.7 Å². The summed E-state index contributed by atoms with van der Waals surface area (Å²) in [5.41, 5.74) is 2.93. The molecule has 1 fully saturated rings. The molecule has 2 aromatic heterocycles. The smallest absolute Gasteiger partial charge is 0.276 e. The summed E-state index contributed by atoms with van der Waals surface area (Å²) in [4.78, 5) is 15.0. The summed E-state index contributed by atoms with van der Waals surface area (Å²) in [6.45, 7) is 4.63. The van der Waals surface area contributed by atoms with Gasteiger partial charge in [0.25, 0.3) is 5.91 Å². The second-order valence-corrected chi connectivity index (χ2v) is 6.89. The summed E-state index contributed by atoms with van der Waals surface area (Å²) in [6, 6.07) is 9.12. The van der Waals surface area contributed by atoms with E-state index in [-0.39, 0.29) is 11.9 Å². The van der Waals surface area contributed by atoms with Gasteiger partial charge in [0.15, 0.2) is 11.5 Å². The highest BCUT2D eigenvalue weighted by molar-refractivity contribution is 5.93. The first-order valence-corrected chi connectivity index (χ1v) is 9.50. The number of nitrogens with zero attached hydrogens (tertiary/aromatic N) is 3. The standard InChI is InChI=1S/C21H23N3O4/c1-4-17-20(13(2)22-27-17)16-9-7-11-24(16)21(25)15-12-19(28-23-15)14-8-5-6-10-18(14)26-3/h5-6,8,10,12,16H,4,7,9,11H2,1-3H3/t16-/m1/s1. The van der Waals surface area contributed by atoms with Gasteiger partial charge in [-0.15, -0.1) is 0 Å². The second kappa shape index (κ2) is 7.50. The fourth-order valence-corrected chi connectivity index (χ4v) is 3.91. The highest BCUT2D eigenvalue weighted by Gasteiger charge is 2.36. The first-order chi connectivity index (χ1) is 13.6. The van der Waals surface area contributed by atoms with Crippen molar-refractivity contribution in [2.45, 2.75) is 39.2 Å². The number of carbonyl (C=O) groups is 1. The van der Waals surface area contributed by atoms with E-state index >= 15 is 0 Å². The topological polar surface area (TPSA) is 81.6 Å². The summed E-state index contributed by atoms with van der Waals surface area (Å²) in [5, 5.41) is 8.13. The van der Waals surface area contributed by atoms with Gasteiger partial charge in [0, 0.05) is 24.6 Å². The maximum atomic E-state index is 13.2. The van der Waals surface area contributed by atoms with Gasteiger partial charge in [-0.3, -0.25) is 4.79 Å². The number of carbonyl (C=O) groups excluding carboxylic acids is 1. The quantitative estimate of drug-likeness (QED) is 0.659. The fraction of sp³-hybridized carbons (Fsp3) is 0.381. The molecule has 4 rings (SSSR count). The van der Waals surface area contributed by atoms with E-state index in [2.05, 4.69) is 10.3 Å². The normalized spacial score (nSPS) is 16.5. The van der Waals surface area contributed by atoms with Crippen LogP contribution in [-0.4, -0.2) is 34.8 Å². The summed E-state index contributed by atoms with van der Waals surface area (Å²) >= 11 is 0. The van der Waals surface area contributed by atoms with Crippen LogP contribution in [0.1, 0.15) is 53.3 Å². The Morgan fingerprint density at radius 3 is 2.89 bits per heavy atom. The van der Waals surface area contributed by atoms with Gasteiger partial charge in [0.05, 0.1) is 24.4 Å². The van der Waals surface area contributed by atoms with E-state index < -0.39 is 0 Å². The minimum Gasteiger partial charge on any atom is -0.496 e. The first kappa shape index (κ1) is 18.3. The lowest BCUT2D eigenvalue weighted by atomic mass is 10.0. The van der Waals surface area contributed by atoms with Crippen molar-refractivity contribution < 1.29 is 18.6 Å². The number of para-hydroxylation sites is 1. The van der Waals surface area contributed by atoms with E-state index in [9.17, 15) is 4.79 Å². The Balaban J connectivity index is 1.63. The van der Waals surface area contributed by atoms with Crippen molar-refractivity contribution in [2.24, 2.45) is 0 Å². The Bertz CT molecular complexity index is 991. The molecule has 3 heterocycles. The Kier molecular flexibility index (Phi) is 4.90. The van der Waals surface area contributed by atoms with Gasteiger partial charge in [-0.05, 0) is 31.9 Å². The number of amides is 1. The molecule has 0 radical (unpaired) electrons. The highest BCUT2D eigenvalue weighted by atomic mass is 16.5. The molecule has 1 aliphatic rings. The predicted octanol–water partition coefficient (Wildman–Crippen LogP) is 4.19. The maximum Gasteiger partial charge on any atom is 0.276 e. The van der Waals surface area contributed by atoms with Crippen LogP contribution in [0.3, 0.4) is 0 Å². The number of hydrogen-bond donors (Lipinski definition) is 0. The van der Waals surface area contributed by atoms with Crippen LogP contribution in [0.5, 0.6) is 5.75 Å². The molecule has 1 atom stereocenters. The minimum atomic E-state index is -0.143. The number of methoxy groups -OCH3 is 1. The lowest BCUT2D eigenvalue weighted by Crippen LogP contribution is -2.31. The lowest BCUT2D eigenvalue weighted by Gasteiger charge is -2.24. The molecule has 7 heteroatoms. The number of aryl methyl sites for hydroxylation is 2. The number of aromatic nitrogens is 2. The third kappa shape index (κ3) is 3.06. The van der Waals surface area contributed by atoms with Crippen LogP contribution >= 0.6 is 0 Å². The number of benzene rings is 1. The molecule has 0 aliphatic carbocycles. The molecular weight excluding hydrogens is 358 g/mol. The number of likely N-dealkylation sites (tertiary alicyclic amines) is 1. The van der Waals surface area contributed by atoms with Crippen LogP contribution in [0, 0.1) is 6.92 Å². The van der Waals surface area contributed by atoms with Gasteiger partial charge >= 0.3 is 0 Å². The molecule has 1 saturated heterocycles. The zero-order chi connectivity index (χ0) is 19.7. The van der Waals surface area contributed by atoms with E-state index in [0.29, 0.717) is 23.7 Å². The third-order valence-corrected chi connectivity index (χ3v) is 5.25. The van der Waals surface area contributed by atoms with Crippen molar-refractivity contribution in [1.29, 1.82) is 0 Å². The predicted molar refractivity (Wildman–Crippen MR) is 102 cm³/mol. The van der Waals surface area contributed by atoms with Gasteiger partial charge in [0.2, 0.25) is 0 Å². The largest absolute Gasteiger partial charge is 0.496 e. The van der Waals surface area contributed by atoms with Crippen molar-refractivity contribution in [2.75, 3.05) is 13.7 Å². The van der Waals surface area contributed by atoms with Crippen molar-refractivity contribution in [1.82, 2.24) is 15.2 Å². The molecule has 0 unspecified atom stereocenters. The van der Waals surface area contributed by atoms with E-state index in [1.54, 1.807) is 13.2 Å². The van der Waals surface area contributed by atoms with E-state index in [0.717, 1.165) is 41.8 Å². The molecule has 0 saturated carbocycles. The molecule has 0 N–H and O–H groups in total. The number of rotatable bonds is 5. The molecule has 7 nitrogen and oxygen atoms in total. The average molecular weight is 381 g/mol. The van der Waals surface area contributed by atoms with Gasteiger partial charge in [0.1, 0.15) is 11.5 Å². The van der Waals surface area contributed by atoms with Crippen molar-refractivity contribution in [3.05, 3.63) is 53.0 Å². The van der Waals surface area contributed by atoms with Crippen molar-refractivity contribution >= 4 is 5.91 Å². The molecule has 1 aliphatic heterocycles. The monoisotopic (exact) mass is 381 g/mol. The molecule has 1 aromatic carbocycles. The van der Waals surface area contributed by atoms with Gasteiger partial charge in [-0.1, -0.05) is 29.4 Å². The van der Waals surface area contributed by atoms with Crippen LogP contribution in [-0.2, 0) is 6.42 Å². The van der Waals surface area contributed by atoms with Crippen LogP contribution in [0.2, 0.25) is 0 Å². The lowest BCUT2D eigenvalue weighted by molar-refractivity contribution is 0.0724. The molecule has 146 valence electrons. The van der Waals surface area contributed by atoms with E-state index in [1.807, 2.05) is 43.0 Å². The zero-order valence-electron chi connectivity index (χ0n) is 16.3. The van der Waals surface area contributed by atoms with Crippen LogP contribution in [0.25, 0.3) is 11.3 Å². The molecular formula is C21H23N3O4. The van der Waals surface area contributed by atoms with E-state index in [1.165, 1.54) is 0 Å². The summed E-state index contributed by atoms with van der Waals surface area (Å²) in [6.07, 6.45) is 2.57. The van der Waals surface area contributed by atoms with E-state index in [4.69, 9.17) is 13.8 Å². The summed E-state index contributed by atoms with van der Waals surface area (Å²) < 4.78 is 16.3. The van der Waals surface area contributed by atoms with Crippen molar-refractivity contribution in [3.63, 3.8) is 0 Å². The third-order valence-electron chi connectivity index (χ3n) is 5.25. The SMILES string of the molecule is CCc1onc(C)c1[C@H]1CCCN1C(=O)c1cc(-c2ccccc2OC)on1. The Hall–Kier alpha value is -3.09. The highest BCUT2D eigenvalue weighted by Crippen LogP contribution is 2.37. The van der Waals surface area contributed by atoms with Gasteiger partial charge in [-0.2, -0.15) is 0 Å². The average Bonchev–Trinajstić information content (AvgIpc) is 3.46. The molecule has 28 heavy (non-hydrogen) atoms. The van der Waals surface area contributed by atoms with Crippen LogP contribution in [0.15, 0.2) is 39.4 Å². The Morgan fingerprint density at radius 2 is 2.11 bits per heavy atom. The molecule has 1 amide bonds. The molecule has 3 aromatic rings. The van der Waals surface area contributed by atoms with Gasteiger partial charge in [-0.25, -0.2) is 0 Å². The van der Waals surface area contributed by atoms with Crippen LogP contribution < -0.4 is 4.74 Å². The second-order valence-electron chi connectivity index (χ2n) is 6.89. The zero-order valence-corrected chi connectivity index (χ0v) is 16.3. The summed E-state index contributed by atoms with van der Waals surface area (Å²) in [7, 11) is 1.60. The fourth-order valence-electron chi connectivity index (χ4n) is 3.91. The molecule has 0 spiro atoms. The van der Waals surface area contributed by atoms with Crippen molar-refractivity contribution in [3.8, 4) is 17.1 Å². The Morgan fingerprint density at radius 1 is 1.29 bits per heavy atom.